The van der Waals surface area contributed by atoms with Gasteiger partial charge in [-0.2, -0.15) is 5.10 Å². The molecule has 3 nitrogen and oxygen atoms in total. The van der Waals surface area contributed by atoms with Crippen LogP contribution in [0.4, 0.5) is 0 Å². The van der Waals surface area contributed by atoms with E-state index in [4.69, 9.17) is 11.6 Å². The second kappa shape index (κ2) is 4.88. The Morgan fingerprint density at radius 3 is 2.59 bits per heavy atom. The number of halogens is 1. The van der Waals surface area contributed by atoms with E-state index in [2.05, 4.69) is 23.9 Å². The Balaban J connectivity index is 2.36. The average molecular weight is 250 g/mol. The third-order valence-corrected chi connectivity index (χ3v) is 3.05. The molecule has 17 heavy (non-hydrogen) atoms. The Hall–Kier alpha value is -1.35. The molecule has 0 spiro atoms. The predicted molar refractivity (Wildman–Crippen MR) is 69.7 cm³/mol. The molecule has 0 amide bonds. The highest BCUT2D eigenvalue weighted by Crippen LogP contribution is 2.15. The van der Waals surface area contributed by atoms with Crippen LogP contribution in [0.5, 0.6) is 0 Å². The van der Waals surface area contributed by atoms with Gasteiger partial charge in [0.15, 0.2) is 5.82 Å². The van der Waals surface area contributed by atoms with Crippen molar-refractivity contribution in [1.82, 2.24) is 14.8 Å². The lowest BCUT2D eigenvalue weighted by Gasteiger charge is -2.05. The van der Waals surface area contributed by atoms with Crippen LogP contribution in [0.25, 0.3) is 5.82 Å². The minimum atomic E-state index is 0.430. The summed E-state index contributed by atoms with van der Waals surface area (Å²) in [6.07, 6.45) is 1.94. The van der Waals surface area contributed by atoms with Gasteiger partial charge in [0.05, 0.1) is 5.69 Å². The van der Waals surface area contributed by atoms with Crippen LogP contribution in [0, 0.1) is 6.92 Å². The van der Waals surface area contributed by atoms with E-state index >= 15 is 0 Å². The maximum atomic E-state index is 5.81. The number of hydrogen-bond donors (Lipinski definition) is 0. The lowest BCUT2D eigenvalue weighted by Crippen LogP contribution is -2.02. The molecule has 0 saturated heterocycles. The standard InChI is InChI=1S/C13H16ClN3/c1-9(2)12-6-7-17(16-12)13-5-4-11(8-14)10(3)15-13/h4-7,9H,8H2,1-3H3. The predicted octanol–water partition coefficient (Wildman–Crippen LogP) is 3.44. The Labute approximate surface area is 106 Å². The third-order valence-electron chi connectivity index (χ3n) is 2.76. The van der Waals surface area contributed by atoms with Crippen LogP contribution in [-0.2, 0) is 5.88 Å². The zero-order valence-corrected chi connectivity index (χ0v) is 11.1. The molecule has 2 rings (SSSR count). The van der Waals surface area contributed by atoms with Crippen LogP contribution in [-0.4, -0.2) is 14.8 Å². The Bertz CT molecular complexity index is 517. The zero-order chi connectivity index (χ0) is 12.4. The normalized spacial score (nSPS) is 11.1. The Morgan fingerprint density at radius 2 is 2.06 bits per heavy atom. The number of rotatable bonds is 3. The molecule has 0 saturated carbocycles. The van der Waals surface area contributed by atoms with Crippen molar-refractivity contribution in [3.63, 3.8) is 0 Å². The van der Waals surface area contributed by atoms with E-state index in [9.17, 15) is 0 Å². The van der Waals surface area contributed by atoms with Crippen LogP contribution >= 0.6 is 11.6 Å². The fraction of sp³-hybridized carbons (Fsp3) is 0.385. The largest absolute Gasteiger partial charge is 0.234 e. The van der Waals surface area contributed by atoms with Crippen LogP contribution in [0.2, 0.25) is 0 Å². The molecule has 2 heterocycles. The van der Waals surface area contributed by atoms with Gasteiger partial charge < -0.3 is 0 Å². The first-order valence-corrected chi connectivity index (χ1v) is 6.23. The molecule has 90 valence electrons. The molecule has 0 atom stereocenters. The summed E-state index contributed by atoms with van der Waals surface area (Å²) in [5.74, 6) is 1.76. The van der Waals surface area contributed by atoms with Crippen LogP contribution in [0.1, 0.15) is 36.7 Å². The molecular weight excluding hydrogens is 234 g/mol. The molecular formula is C13H16ClN3. The SMILES string of the molecule is Cc1nc(-n2ccc(C(C)C)n2)ccc1CCl. The van der Waals surface area contributed by atoms with Gasteiger partial charge in [-0.3, -0.25) is 0 Å². The van der Waals surface area contributed by atoms with E-state index in [1.165, 1.54) is 0 Å². The van der Waals surface area contributed by atoms with Gasteiger partial charge in [-0.05, 0) is 30.5 Å². The highest BCUT2D eigenvalue weighted by atomic mass is 35.5. The van der Waals surface area contributed by atoms with E-state index in [-0.39, 0.29) is 0 Å². The van der Waals surface area contributed by atoms with Crippen molar-refractivity contribution in [3.05, 3.63) is 41.3 Å². The van der Waals surface area contributed by atoms with Crippen LogP contribution < -0.4 is 0 Å². The summed E-state index contributed by atoms with van der Waals surface area (Å²) in [7, 11) is 0. The fourth-order valence-electron chi connectivity index (χ4n) is 1.62. The summed E-state index contributed by atoms with van der Waals surface area (Å²) in [5.41, 5.74) is 3.09. The summed E-state index contributed by atoms with van der Waals surface area (Å²) in [4.78, 5) is 4.50. The number of nitrogens with zero attached hydrogens (tertiary/aromatic N) is 3. The van der Waals surface area contributed by atoms with Crippen LogP contribution in [0.15, 0.2) is 24.4 Å². The van der Waals surface area contributed by atoms with Crippen LogP contribution in [0.3, 0.4) is 0 Å². The topological polar surface area (TPSA) is 30.7 Å². The molecule has 0 N–H and O–H groups in total. The van der Waals surface area contributed by atoms with Crippen molar-refractivity contribution in [2.45, 2.75) is 32.6 Å². The third kappa shape index (κ3) is 2.50. The number of hydrogen-bond acceptors (Lipinski definition) is 2. The van der Waals surface area contributed by atoms with E-state index in [1.54, 1.807) is 4.68 Å². The molecule has 4 heteroatoms. The second-order valence-corrected chi connectivity index (χ2v) is 4.65. The van der Waals surface area contributed by atoms with Crippen molar-refractivity contribution in [3.8, 4) is 5.82 Å². The lowest BCUT2D eigenvalue weighted by molar-refractivity contribution is 0.755. The maximum Gasteiger partial charge on any atom is 0.153 e. The van der Waals surface area contributed by atoms with Crippen molar-refractivity contribution in [1.29, 1.82) is 0 Å². The molecule has 0 aliphatic carbocycles. The first kappa shape index (κ1) is 12.1. The summed E-state index contributed by atoms with van der Waals surface area (Å²) in [6, 6.07) is 5.97. The Kier molecular flexibility index (Phi) is 3.48. The fourth-order valence-corrected chi connectivity index (χ4v) is 1.90. The first-order valence-electron chi connectivity index (χ1n) is 5.70. The van der Waals surface area contributed by atoms with Gasteiger partial charge >= 0.3 is 0 Å². The van der Waals surface area contributed by atoms with Gasteiger partial charge in [-0.1, -0.05) is 19.9 Å². The van der Waals surface area contributed by atoms with Gasteiger partial charge in [0.2, 0.25) is 0 Å². The summed E-state index contributed by atoms with van der Waals surface area (Å²) < 4.78 is 1.81. The van der Waals surface area contributed by atoms with Gasteiger partial charge in [0.25, 0.3) is 0 Å². The quantitative estimate of drug-likeness (QED) is 0.781. The van der Waals surface area contributed by atoms with Crippen molar-refractivity contribution >= 4 is 11.6 Å². The number of aryl methyl sites for hydroxylation is 1. The molecule has 0 radical (unpaired) electrons. The van der Waals surface area contributed by atoms with Gasteiger partial charge in [0, 0.05) is 17.8 Å². The van der Waals surface area contributed by atoms with E-state index in [1.807, 2.05) is 31.3 Å². The lowest BCUT2D eigenvalue weighted by atomic mass is 10.1. The minimum Gasteiger partial charge on any atom is -0.234 e. The highest BCUT2D eigenvalue weighted by molar-refractivity contribution is 6.17. The molecule has 0 aromatic carbocycles. The number of aromatic nitrogens is 3. The summed E-state index contributed by atoms with van der Waals surface area (Å²) >= 11 is 5.81. The van der Waals surface area contributed by atoms with E-state index < -0.39 is 0 Å². The van der Waals surface area contributed by atoms with Gasteiger partial charge in [-0.25, -0.2) is 9.67 Å². The molecule has 0 fully saturated rings. The van der Waals surface area contributed by atoms with E-state index in [0.29, 0.717) is 11.8 Å². The van der Waals surface area contributed by atoms with Crippen molar-refractivity contribution < 1.29 is 0 Å². The monoisotopic (exact) mass is 249 g/mol. The number of alkyl halides is 1. The first-order chi connectivity index (χ1) is 8.11. The van der Waals surface area contributed by atoms with Crippen molar-refractivity contribution in [2.24, 2.45) is 0 Å². The summed E-state index contributed by atoms with van der Waals surface area (Å²) in [6.45, 7) is 6.22. The van der Waals surface area contributed by atoms with Crippen molar-refractivity contribution in [2.75, 3.05) is 0 Å². The minimum absolute atomic E-state index is 0.430. The molecule has 0 aliphatic heterocycles. The average Bonchev–Trinajstić information content (AvgIpc) is 2.78. The maximum absolute atomic E-state index is 5.81. The van der Waals surface area contributed by atoms with Gasteiger partial charge in [0.1, 0.15) is 0 Å². The molecule has 2 aromatic heterocycles. The molecule has 2 aromatic rings. The van der Waals surface area contributed by atoms with E-state index in [0.717, 1.165) is 22.8 Å². The zero-order valence-electron chi connectivity index (χ0n) is 10.3. The Morgan fingerprint density at radius 1 is 1.29 bits per heavy atom. The second-order valence-electron chi connectivity index (χ2n) is 4.39. The molecule has 0 aliphatic rings. The van der Waals surface area contributed by atoms with Gasteiger partial charge in [-0.15, -0.1) is 11.6 Å². The molecule has 0 bridgehead atoms. The smallest absolute Gasteiger partial charge is 0.153 e. The highest BCUT2D eigenvalue weighted by Gasteiger charge is 2.07. The molecule has 0 unspecified atom stereocenters. The number of pyridine rings is 1. The summed E-state index contributed by atoms with van der Waals surface area (Å²) in [5, 5.41) is 4.50.